The molecule has 0 aliphatic heterocycles. The standard InChI is InChI=1S/C12H17N5O/c1-17-8-7-14-11(17)5-3-9(13)10-4-6-12(18-2)16-15-10/h4,6-9H,3,5,13H2,1-2H3. The molecule has 1 atom stereocenters. The quantitative estimate of drug-likeness (QED) is 0.847. The highest BCUT2D eigenvalue weighted by Crippen LogP contribution is 2.15. The van der Waals surface area contributed by atoms with Gasteiger partial charge in [0.2, 0.25) is 5.88 Å². The fraction of sp³-hybridized carbons (Fsp3) is 0.417. The molecule has 0 spiro atoms. The lowest BCUT2D eigenvalue weighted by Gasteiger charge is -2.10. The Balaban J connectivity index is 1.94. The van der Waals surface area contributed by atoms with Gasteiger partial charge in [-0.05, 0) is 12.5 Å². The molecule has 2 N–H and O–H groups in total. The Bertz CT molecular complexity index is 493. The summed E-state index contributed by atoms with van der Waals surface area (Å²) >= 11 is 0. The lowest BCUT2D eigenvalue weighted by Crippen LogP contribution is -2.14. The maximum Gasteiger partial charge on any atom is 0.233 e. The van der Waals surface area contributed by atoms with E-state index < -0.39 is 0 Å². The van der Waals surface area contributed by atoms with Crippen LogP contribution in [0.4, 0.5) is 0 Å². The summed E-state index contributed by atoms with van der Waals surface area (Å²) in [4.78, 5) is 4.26. The third kappa shape index (κ3) is 2.84. The van der Waals surface area contributed by atoms with E-state index in [-0.39, 0.29) is 6.04 Å². The molecular formula is C12H17N5O. The molecule has 2 rings (SSSR count). The van der Waals surface area contributed by atoms with Crippen LogP contribution in [0, 0.1) is 0 Å². The van der Waals surface area contributed by atoms with Crippen LogP contribution in [0.5, 0.6) is 5.88 Å². The van der Waals surface area contributed by atoms with Crippen LogP contribution in [0.2, 0.25) is 0 Å². The molecule has 0 saturated carbocycles. The van der Waals surface area contributed by atoms with Crippen molar-refractivity contribution in [2.45, 2.75) is 18.9 Å². The Kier molecular flexibility index (Phi) is 3.88. The van der Waals surface area contributed by atoms with Crippen molar-refractivity contribution in [3.63, 3.8) is 0 Å². The van der Waals surface area contributed by atoms with Gasteiger partial charge in [0.05, 0.1) is 12.8 Å². The molecule has 1 unspecified atom stereocenters. The second kappa shape index (κ2) is 5.59. The van der Waals surface area contributed by atoms with Crippen LogP contribution in [0.1, 0.15) is 24.0 Å². The molecular weight excluding hydrogens is 230 g/mol. The lowest BCUT2D eigenvalue weighted by atomic mass is 10.1. The first-order chi connectivity index (χ1) is 8.70. The summed E-state index contributed by atoms with van der Waals surface area (Å²) in [5.41, 5.74) is 6.84. The Hall–Kier alpha value is -1.95. The number of methoxy groups -OCH3 is 1. The highest BCUT2D eigenvalue weighted by Gasteiger charge is 2.10. The van der Waals surface area contributed by atoms with Crippen molar-refractivity contribution in [3.05, 3.63) is 36.0 Å². The van der Waals surface area contributed by atoms with Gasteiger partial charge < -0.3 is 15.0 Å². The van der Waals surface area contributed by atoms with Gasteiger partial charge in [0, 0.05) is 38.0 Å². The van der Waals surface area contributed by atoms with Crippen LogP contribution in [-0.2, 0) is 13.5 Å². The Morgan fingerprint density at radius 1 is 1.39 bits per heavy atom. The minimum Gasteiger partial charge on any atom is -0.480 e. The van der Waals surface area contributed by atoms with Crippen molar-refractivity contribution in [2.75, 3.05) is 7.11 Å². The number of ether oxygens (including phenoxy) is 1. The molecule has 0 saturated heterocycles. The molecule has 0 bridgehead atoms. The first kappa shape index (κ1) is 12.5. The normalized spacial score (nSPS) is 12.4. The molecule has 0 aliphatic rings. The molecule has 2 heterocycles. The highest BCUT2D eigenvalue weighted by molar-refractivity contribution is 5.13. The number of aryl methyl sites for hydroxylation is 2. The number of aromatic nitrogens is 4. The maximum absolute atomic E-state index is 6.07. The zero-order valence-corrected chi connectivity index (χ0v) is 10.6. The number of nitrogens with two attached hydrogens (primary N) is 1. The Morgan fingerprint density at radius 2 is 2.22 bits per heavy atom. The van der Waals surface area contributed by atoms with E-state index in [9.17, 15) is 0 Å². The average Bonchev–Trinajstić information content (AvgIpc) is 2.81. The molecule has 18 heavy (non-hydrogen) atoms. The zero-order chi connectivity index (χ0) is 13.0. The molecule has 2 aromatic heterocycles. The first-order valence-corrected chi connectivity index (χ1v) is 5.80. The molecule has 6 nitrogen and oxygen atoms in total. The van der Waals surface area contributed by atoms with Crippen LogP contribution in [0.3, 0.4) is 0 Å². The van der Waals surface area contributed by atoms with Gasteiger partial charge in [-0.25, -0.2) is 4.98 Å². The second-order valence-electron chi connectivity index (χ2n) is 4.10. The zero-order valence-electron chi connectivity index (χ0n) is 10.6. The van der Waals surface area contributed by atoms with Crippen LogP contribution >= 0.6 is 0 Å². The molecule has 96 valence electrons. The van der Waals surface area contributed by atoms with Gasteiger partial charge in [0.25, 0.3) is 0 Å². The SMILES string of the molecule is COc1ccc(C(N)CCc2nccn2C)nn1. The van der Waals surface area contributed by atoms with Crippen molar-refractivity contribution >= 4 is 0 Å². The average molecular weight is 247 g/mol. The van der Waals surface area contributed by atoms with Gasteiger partial charge in [0.1, 0.15) is 5.82 Å². The number of imidazole rings is 1. The number of hydrogen-bond acceptors (Lipinski definition) is 5. The lowest BCUT2D eigenvalue weighted by molar-refractivity contribution is 0.390. The molecule has 0 radical (unpaired) electrons. The van der Waals surface area contributed by atoms with E-state index in [0.29, 0.717) is 5.88 Å². The minimum absolute atomic E-state index is 0.139. The van der Waals surface area contributed by atoms with Crippen molar-refractivity contribution in [3.8, 4) is 5.88 Å². The molecule has 0 aliphatic carbocycles. The van der Waals surface area contributed by atoms with Gasteiger partial charge in [-0.15, -0.1) is 5.10 Å². The summed E-state index contributed by atoms with van der Waals surface area (Å²) in [5.74, 6) is 1.52. The Morgan fingerprint density at radius 3 is 2.78 bits per heavy atom. The van der Waals surface area contributed by atoms with Crippen molar-refractivity contribution in [1.29, 1.82) is 0 Å². The van der Waals surface area contributed by atoms with Gasteiger partial charge in [-0.1, -0.05) is 0 Å². The summed E-state index contributed by atoms with van der Waals surface area (Å²) in [6, 6.07) is 3.47. The largest absolute Gasteiger partial charge is 0.480 e. The topological polar surface area (TPSA) is 78.9 Å². The fourth-order valence-electron chi connectivity index (χ4n) is 1.71. The highest BCUT2D eigenvalue weighted by atomic mass is 16.5. The summed E-state index contributed by atoms with van der Waals surface area (Å²) < 4.78 is 6.95. The third-order valence-corrected chi connectivity index (χ3v) is 2.85. The van der Waals surface area contributed by atoms with Gasteiger partial charge >= 0.3 is 0 Å². The van der Waals surface area contributed by atoms with Crippen LogP contribution in [0.15, 0.2) is 24.5 Å². The Labute approximate surface area is 106 Å². The van der Waals surface area contributed by atoms with E-state index in [1.54, 1.807) is 19.4 Å². The summed E-state index contributed by atoms with van der Waals surface area (Å²) in [7, 11) is 3.53. The van der Waals surface area contributed by atoms with E-state index in [1.807, 2.05) is 23.9 Å². The van der Waals surface area contributed by atoms with E-state index >= 15 is 0 Å². The van der Waals surface area contributed by atoms with Crippen molar-refractivity contribution < 1.29 is 4.74 Å². The maximum atomic E-state index is 6.07. The monoisotopic (exact) mass is 247 g/mol. The summed E-state index contributed by atoms with van der Waals surface area (Å²) in [5, 5.41) is 7.95. The molecule has 6 heteroatoms. The predicted molar refractivity (Wildman–Crippen MR) is 67.0 cm³/mol. The van der Waals surface area contributed by atoms with E-state index in [2.05, 4.69) is 15.2 Å². The fourth-order valence-corrected chi connectivity index (χ4v) is 1.71. The van der Waals surface area contributed by atoms with Gasteiger partial charge in [-0.3, -0.25) is 0 Å². The summed E-state index contributed by atoms with van der Waals surface area (Å²) in [6.07, 6.45) is 5.31. The van der Waals surface area contributed by atoms with Crippen LogP contribution in [0.25, 0.3) is 0 Å². The van der Waals surface area contributed by atoms with Crippen LogP contribution < -0.4 is 10.5 Å². The van der Waals surface area contributed by atoms with E-state index in [1.165, 1.54) is 0 Å². The minimum atomic E-state index is -0.139. The first-order valence-electron chi connectivity index (χ1n) is 5.80. The van der Waals surface area contributed by atoms with Gasteiger partial charge in [-0.2, -0.15) is 5.10 Å². The van der Waals surface area contributed by atoms with E-state index in [4.69, 9.17) is 10.5 Å². The smallest absolute Gasteiger partial charge is 0.233 e. The number of nitrogens with zero attached hydrogens (tertiary/aromatic N) is 4. The third-order valence-electron chi connectivity index (χ3n) is 2.85. The molecule has 0 aromatic carbocycles. The van der Waals surface area contributed by atoms with E-state index in [0.717, 1.165) is 24.4 Å². The summed E-state index contributed by atoms with van der Waals surface area (Å²) in [6.45, 7) is 0. The van der Waals surface area contributed by atoms with Crippen molar-refractivity contribution in [2.24, 2.45) is 12.8 Å². The van der Waals surface area contributed by atoms with Crippen molar-refractivity contribution in [1.82, 2.24) is 19.7 Å². The number of rotatable bonds is 5. The number of hydrogen-bond donors (Lipinski definition) is 1. The molecule has 0 amide bonds. The molecule has 0 fully saturated rings. The molecule has 2 aromatic rings. The predicted octanol–water partition coefficient (Wildman–Crippen LogP) is 0.851. The van der Waals surface area contributed by atoms with Gasteiger partial charge in [0.15, 0.2) is 0 Å². The van der Waals surface area contributed by atoms with Crippen LogP contribution in [-0.4, -0.2) is 26.9 Å². The second-order valence-corrected chi connectivity index (χ2v) is 4.10.